The largest absolute Gasteiger partial charge is 0.493 e. The fourth-order valence-electron chi connectivity index (χ4n) is 1.26. The Bertz CT molecular complexity index is 443. The summed E-state index contributed by atoms with van der Waals surface area (Å²) in [4.78, 5) is 22.7. The molecule has 5 nitrogen and oxygen atoms in total. The van der Waals surface area contributed by atoms with Gasteiger partial charge in [-0.15, -0.1) is 0 Å². The summed E-state index contributed by atoms with van der Waals surface area (Å²) in [5.74, 6) is 0.131. The lowest BCUT2D eigenvalue weighted by atomic mass is 10.2. The molecule has 104 valence electrons. The molecule has 0 spiro atoms. The average Bonchev–Trinajstić information content (AvgIpc) is 2.42. The first-order valence-electron chi connectivity index (χ1n) is 6.13. The van der Waals surface area contributed by atoms with Gasteiger partial charge >= 0.3 is 5.97 Å². The Hall–Kier alpha value is -2.04. The molecule has 0 bridgehead atoms. The van der Waals surface area contributed by atoms with Gasteiger partial charge in [0.1, 0.15) is 5.75 Å². The summed E-state index contributed by atoms with van der Waals surface area (Å²) in [7, 11) is 1.48. The molecular formula is C14H19NO4. The number of nitrogens with one attached hydrogen (secondary N) is 1. The highest BCUT2D eigenvalue weighted by molar-refractivity contribution is 5.91. The quantitative estimate of drug-likeness (QED) is 0.794. The molecule has 0 aliphatic rings. The number of carbonyl (C=O) groups is 2. The molecule has 1 rings (SSSR count). The molecule has 0 fully saturated rings. The van der Waals surface area contributed by atoms with Crippen LogP contribution in [-0.4, -0.2) is 32.1 Å². The Morgan fingerprint density at radius 2 is 2.05 bits per heavy atom. The van der Waals surface area contributed by atoms with Crippen LogP contribution >= 0.6 is 0 Å². The molecule has 0 heterocycles. The van der Waals surface area contributed by atoms with Crippen molar-refractivity contribution in [3.8, 4) is 5.75 Å². The number of hydrogen-bond acceptors (Lipinski definition) is 4. The standard InChI is InChI=1S/C14H19NO4/c1-10(2)8-18-12-6-4-5-11(7-12)14(17)19-9-13(16)15-3/h4-7,10H,8-9H2,1-3H3,(H,15,16). The van der Waals surface area contributed by atoms with E-state index in [1.807, 2.05) is 13.8 Å². The van der Waals surface area contributed by atoms with Crippen LogP contribution < -0.4 is 10.1 Å². The molecule has 0 saturated carbocycles. The van der Waals surface area contributed by atoms with E-state index in [2.05, 4.69) is 5.32 Å². The Labute approximate surface area is 112 Å². The number of likely N-dealkylation sites (N-methyl/N-ethyl adjacent to an activating group) is 1. The number of esters is 1. The zero-order chi connectivity index (χ0) is 14.3. The minimum Gasteiger partial charge on any atom is -0.493 e. The summed E-state index contributed by atoms with van der Waals surface area (Å²) in [6, 6.07) is 6.72. The van der Waals surface area contributed by atoms with Crippen LogP contribution in [0.25, 0.3) is 0 Å². The molecular weight excluding hydrogens is 246 g/mol. The van der Waals surface area contributed by atoms with Gasteiger partial charge in [-0.3, -0.25) is 4.79 Å². The van der Waals surface area contributed by atoms with Crippen LogP contribution in [0.2, 0.25) is 0 Å². The van der Waals surface area contributed by atoms with Gasteiger partial charge in [0, 0.05) is 7.05 Å². The number of ether oxygens (including phenoxy) is 2. The molecule has 0 aliphatic carbocycles. The van der Waals surface area contributed by atoms with Crippen molar-refractivity contribution < 1.29 is 19.1 Å². The van der Waals surface area contributed by atoms with Gasteiger partial charge in [0.2, 0.25) is 0 Å². The molecule has 0 unspecified atom stereocenters. The summed E-state index contributed by atoms with van der Waals surface area (Å²) < 4.78 is 10.4. The van der Waals surface area contributed by atoms with Gasteiger partial charge in [-0.1, -0.05) is 19.9 Å². The summed E-state index contributed by atoms with van der Waals surface area (Å²) in [6.07, 6.45) is 0. The van der Waals surface area contributed by atoms with E-state index in [-0.39, 0.29) is 12.5 Å². The fourth-order valence-corrected chi connectivity index (χ4v) is 1.26. The second-order valence-electron chi connectivity index (χ2n) is 4.48. The van der Waals surface area contributed by atoms with E-state index >= 15 is 0 Å². The van der Waals surface area contributed by atoms with Gasteiger partial charge in [-0.05, 0) is 24.1 Å². The van der Waals surface area contributed by atoms with Gasteiger partial charge in [0.15, 0.2) is 6.61 Å². The Kier molecular flexibility index (Phi) is 5.85. The highest BCUT2D eigenvalue weighted by atomic mass is 16.5. The summed E-state index contributed by atoms with van der Waals surface area (Å²) in [5.41, 5.74) is 0.366. The van der Waals surface area contributed by atoms with E-state index in [1.165, 1.54) is 7.05 Å². The number of carbonyl (C=O) groups excluding carboxylic acids is 2. The van der Waals surface area contributed by atoms with Crippen molar-refractivity contribution in [2.75, 3.05) is 20.3 Å². The predicted octanol–water partition coefficient (Wildman–Crippen LogP) is 1.62. The predicted molar refractivity (Wildman–Crippen MR) is 71.1 cm³/mol. The van der Waals surface area contributed by atoms with Crippen molar-refractivity contribution in [1.82, 2.24) is 5.32 Å². The first kappa shape index (κ1) is 15.0. The monoisotopic (exact) mass is 265 g/mol. The highest BCUT2D eigenvalue weighted by Gasteiger charge is 2.10. The third-order valence-electron chi connectivity index (χ3n) is 2.27. The Balaban J connectivity index is 2.60. The minimum atomic E-state index is -0.543. The van der Waals surface area contributed by atoms with E-state index < -0.39 is 5.97 Å². The van der Waals surface area contributed by atoms with E-state index in [1.54, 1.807) is 24.3 Å². The molecule has 0 aromatic heterocycles. The third kappa shape index (κ3) is 5.42. The van der Waals surface area contributed by atoms with Crippen LogP contribution in [0.5, 0.6) is 5.75 Å². The molecule has 1 aromatic rings. The fraction of sp³-hybridized carbons (Fsp3) is 0.429. The molecule has 1 aromatic carbocycles. The first-order chi connectivity index (χ1) is 9.02. The van der Waals surface area contributed by atoms with E-state index in [4.69, 9.17) is 9.47 Å². The lowest BCUT2D eigenvalue weighted by Crippen LogP contribution is -2.25. The van der Waals surface area contributed by atoms with Crippen molar-refractivity contribution in [3.63, 3.8) is 0 Å². The molecule has 0 saturated heterocycles. The maximum Gasteiger partial charge on any atom is 0.338 e. The Morgan fingerprint density at radius 1 is 1.32 bits per heavy atom. The smallest absolute Gasteiger partial charge is 0.338 e. The van der Waals surface area contributed by atoms with Crippen molar-refractivity contribution in [2.45, 2.75) is 13.8 Å². The number of hydrogen-bond donors (Lipinski definition) is 1. The van der Waals surface area contributed by atoms with Gasteiger partial charge in [-0.2, -0.15) is 0 Å². The van der Waals surface area contributed by atoms with Gasteiger partial charge < -0.3 is 14.8 Å². The number of rotatable bonds is 6. The van der Waals surface area contributed by atoms with Crippen molar-refractivity contribution in [3.05, 3.63) is 29.8 Å². The van der Waals surface area contributed by atoms with Gasteiger partial charge in [0.05, 0.1) is 12.2 Å². The zero-order valence-electron chi connectivity index (χ0n) is 11.4. The van der Waals surface area contributed by atoms with Crippen LogP contribution in [0.1, 0.15) is 24.2 Å². The molecule has 5 heteroatoms. The van der Waals surface area contributed by atoms with Crippen molar-refractivity contribution in [2.24, 2.45) is 5.92 Å². The lowest BCUT2D eigenvalue weighted by molar-refractivity contribution is -0.123. The first-order valence-corrected chi connectivity index (χ1v) is 6.13. The SMILES string of the molecule is CNC(=O)COC(=O)c1cccc(OCC(C)C)c1. The van der Waals surface area contributed by atoms with Crippen molar-refractivity contribution in [1.29, 1.82) is 0 Å². The summed E-state index contributed by atoms with van der Waals surface area (Å²) >= 11 is 0. The van der Waals surface area contributed by atoms with Crippen molar-refractivity contribution >= 4 is 11.9 Å². The topological polar surface area (TPSA) is 64.6 Å². The van der Waals surface area contributed by atoms with Crippen LogP contribution in [0.3, 0.4) is 0 Å². The minimum absolute atomic E-state index is 0.285. The van der Waals surface area contributed by atoms with E-state index in [0.717, 1.165) is 0 Å². The third-order valence-corrected chi connectivity index (χ3v) is 2.27. The van der Waals surface area contributed by atoms with E-state index in [9.17, 15) is 9.59 Å². The number of benzene rings is 1. The number of amides is 1. The Morgan fingerprint density at radius 3 is 2.68 bits per heavy atom. The molecule has 19 heavy (non-hydrogen) atoms. The van der Waals surface area contributed by atoms with Gasteiger partial charge in [-0.25, -0.2) is 4.79 Å². The highest BCUT2D eigenvalue weighted by Crippen LogP contribution is 2.15. The molecule has 1 N–H and O–H groups in total. The summed E-state index contributed by atoms with van der Waals surface area (Å²) in [5, 5.41) is 2.38. The summed E-state index contributed by atoms with van der Waals surface area (Å²) in [6.45, 7) is 4.38. The second-order valence-corrected chi connectivity index (χ2v) is 4.48. The van der Waals surface area contributed by atoms with Crippen LogP contribution in [0, 0.1) is 5.92 Å². The zero-order valence-corrected chi connectivity index (χ0v) is 11.4. The van der Waals surface area contributed by atoms with E-state index in [0.29, 0.717) is 23.8 Å². The molecule has 0 atom stereocenters. The maximum absolute atomic E-state index is 11.7. The molecule has 1 amide bonds. The van der Waals surface area contributed by atoms with Crippen LogP contribution in [0.4, 0.5) is 0 Å². The average molecular weight is 265 g/mol. The normalized spacial score (nSPS) is 10.1. The molecule has 0 aliphatic heterocycles. The van der Waals surface area contributed by atoms with Gasteiger partial charge in [0.25, 0.3) is 5.91 Å². The maximum atomic E-state index is 11.7. The molecule has 0 radical (unpaired) electrons. The second kappa shape index (κ2) is 7.41. The van der Waals surface area contributed by atoms with Crippen LogP contribution in [-0.2, 0) is 9.53 Å². The lowest BCUT2D eigenvalue weighted by Gasteiger charge is -2.09. The van der Waals surface area contributed by atoms with Crippen LogP contribution in [0.15, 0.2) is 24.3 Å².